The average molecular weight is 235 g/mol. The molecule has 4 nitrogen and oxygen atoms in total. The van der Waals surface area contributed by atoms with E-state index in [0.717, 1.165) is 12.0 Å². The number of rotatable bonds is 5. The lowest BCUT2D eigenvalue weighted by atomic mass is 9.99. The van der Waals surface area contributed by atoms with Gasteiger partial charge in [0.05, 0.1) is 12.1 Å². The van der Waals surface area contributed by atoms with Crippen molar-refractivity contribution in [3.05, 3.63) is 30.1 Å². The Labute approximate surface area is 103 Å². The number of hydrogen-bond donors (Lipinski definition) is 2. The molecule has 3 atom stereocenters. The number of aromatic nitrogens is 1. The van der Waals surface area contributed by atoms with Crippen molar-refractivity contribution in [1.29, 1.82) is 0 Å². The van der Waals surface area contributed by atoms with E-state index < -0.39 is 6.04 Å². The summed E-state index contributed by atoms with van der Waals surface area (Å²) in [5, 5.41) is 2.91. The van der Waals surface area contributed by atoms with E-state index in [1.54, 1.807) is 12.4 Å². The van der Waals surface area contributed by atoms with E-state index in [4.69, 9.17) is 5.73 Å². The van der Waals surface area contributed by atoms with Crippen LogP contribution in [0.4, 0.5) is 0 Å². The van der Waals surface area contributed by atoms with Crippen molar-refractivity contribution in [1.82, 2.24) is 10.3 Å². The minimum absolute atomic E-state index is 0.0636. The lowest BCUT2D eigenvalue weighted by Gasteiger charge is -2.21. The molecular weight excluding hydrogens is 214 g/mol. The molecule has 1 amide bonds. The summed E-state index contributed by atoms with van der Waals surface area (Å²) in [5.41, 5.74) is 6.85. The molecule has 94 valence electrons. The van der Waals surface area contributed by atoms with Crippen LogP contribution in [0.25, 0.3) is 0 Å². The van der Waals surface area contributed by atoms with Crippen LogP contribution < -0.4 is 11.1 Å². The molecule has 1 rings (SSSR count). The van der Waals surface area contributed by atoms with Gasteiger partial charge in [0.25, 0.3) is 0 Å². The molecule has 0 bridgehead atoms. The Morgan fingerprint density at radius 3 is 2.76 bits per heavy atom. The Hall–Kier alpha value is -1.42. The second-order valence-corrected chi connectivity index (χ2v) is 4.43. The van der Waals surface area contributed by atoms with Gasteiger partial charge in [0.15, 0.2) is 0 Å². The third kappa shape index (κ3) is 3.82. The smallest absolute Gasteiger partial charge is 0.237 e. The first kappa shape index (κ1) is 13.6. The zero-order chi connectivity index (χ0) is 12.8. The lowest BCUT2D eigenvalue weighted by molar-refractivity contribution is -0.124. The second kappa shape index (κ2) is 6.35. The van der Waals surface area contributed by atoms with E-state index in [0.29, 0.717) is 0 Å². The lowest BCUT2D eigenvalue weighted by Crippen LogP contribution is -2.45. The Bertz CT molecular complexity index is 353. The Morgan fingerprint density at radius 2 is 2.24 bits per heavy atom. The van der Waals surface area contributed by atoms with Gasteiger partial charge < -0.3 is 11.1 Å². The molecule has 0 radical (unpaired) electrons. The van der Waals surface area contributed by atoms with Crippen molar-refractivity contribution in [3.8, 4) is 0 Å². The van der Waals surface area contributed by atoms with E-state index in [2.05, 4.69) is 10.3 Å². The van der Waals surface area contributed by atoms with E-state index in [-0.39, 0.29) is 17.9 Å². The summed E-state index contributed by atoms with van der Waals surface area (Å²) in [6, 6.07) is 3.28. The Kier molecular flexibility index (Phi) is 5.10. The topological polar surface area (TPSA) is 68.0 Å². The number of hydrogen-bond acceptors (Lipinski definition) is 3. The fourth-order valence-corrected chi connectivity index (χ4v) is 1.54. The molecular formula is C13H21N3O. The highest BCUT2D eigenvalue weighted by atomic mass is 16.2. The summed E-state index contributed by atoms with van der Waals surface area (Å²) in [6.07, 6.45) is 4.36. The van der Waals surface area contributed by atoms with Crippen LogP contribution in [0.3, 0.4) is 0 Å². The second-order valence-electron chi connectivity index (χ2n) is 4.43. The standard InChI is InChI=1S/C13H21N3O/c1-4-9(2)12(14)13(17)16-10(3)11-6-5-7-15-8-11/h5-10,12H,4,14H2,1-3H3,(H,16,17). The molecule has 4 heteroatoms. The van der Waals surface area contributed by atoms with Crippen molar-refractivity contribution in [3.63, 3.8) is 0 Å². The van der Waals surface area contributed by atoms with Crippen LogP contribution in [0.15, 0.2) is 24.5 Å². The highest BCUT2D eigenvalue weighted by molar-refractivity contribution is 5.82. The number of nitrogens with zero attached hydrogens (tertiary/aromatic N) is 1. The molecule has 0 aliphatic carbocycles. The van der Waals surface area contributed by atoms with Crippen molar-refractivity contribution in [2.24, 2.45) is 11.7 Å². The fraction of sp³-hybridized carbons (Fsp3) is 0.538. The molecule has 3 unspecified atom stereocenters. The van der Waals surface area contributed by atoms with Crippen LogP contribution in [-0.2, 0) is 4.79 Å². The summed E-state index contributed by atoms with van der Waals surface area (Å²) >= 11 is 0. The number of nitrogens with two attached hydrogens (primary N) is 1. The van der Waals surface area contributed by atoms with Gasteiger partial charge in [-0.2, -0.15) is 0 Å². The summed E-state index contributed by atoms with van der Waals surface area (Å²) in [7, 11) is 0. The van der Waals surface area contributed by atoms with Gasteiger partial charge in [0, 0.05) is 12.4 Å². The van der Waals surface area contributed by atoms with Crippen LogP contribution in [0.1, 0.15) is 38.8 Å². The molecule has 1 heterocycles. The van der Waals surface area contributed by atoms with E-state index >= 15 is 0 Å². The Balaban J connectivity index is 2.57. The average Bonchev–Trinajstić information content (AvgIpc) is 2.37. The highest BCUT2D eigenvalue weighted by Gasteiger charge is 2.21. The van der Waals surface area contributed by atoms with Gasteiger partial charge in [-0.05, 0) is 24.5 Å². The third-order valence-corrected chi connectivity index (χ3v) is 3.10. The predicted octanol–water partition coefficient (Wildman–Crippen LogP) is 1.63. The van der Waals surface area contributed by atoms with Crippen LogP contribution in [0.2, 0.25) is 0 Å². The van der Waals surface area contributed by atoms with Gasteiger partial charge in [0.1, 0.15) is 0 Å². The van der Waals surface area contributed by atoms with Crippen LogP contribution >= 0.6 is 0 Å². The third-order valence-electron chi connectivity index (χ3n) is 3.10. The molecule has 0 aliphatic heterocycles. The molecule has 0 saturated heterocycles. The first-order valence-electron chi connectivity index (χ1n) is 6.02. The molecule has 17 heavy (non-hydrogen) atoms. The van der Waals surface area contributed by atoms with E-state index in [9.17, 15) is 4.79 Å². The number of nitrogens with one attached hydrogen (secondary N) is 1. The summed E-state index contributed by atoms with van der Waals surface area (Å²) in [4.78, 5) is 15.9. The number of carbonyl (C=O) groups excluding carboxylic acids is 1. The van der Waals surface area contributed by atoms with Crippen LogP contribution in [-0.4, -0.2) is 16.9 Å². The molecule has 0 saturated carbocycles. The van der Waals surface area contributed by atoms with Gasteiger partial charge in [-0.1, -0.05) is 26.3 Å². The zero-order valence-corrected chi connectivity index (χ0v) is 10.7. The number of amides is 1. The molecule has 0 fully saturated rings. The zero-order valence-electron chi connectivity index (χ0n) is 10.7. The minimum atomic E-state index is -0.445. The summed E-state index contributed by atoms with van der Waals surface area (Å²) < 4.78 is 0. The van der Waals surface area contributed by atoms with Crippen LogP contribution in [0.5, 0.6) is 0 Å². The molecule has 0 aromatic carbocycles. The van der Waals surface area contributed by atoms with E-state index in [1.165, 1.54) is 0 Å². The van der Waals surface area contributed by atoms with Crippen LogP contribution in [0, 0.1) is 5.92 Å². The SMILES string of the molecule is CCC(C)C(N)C(=O)NC(C)c1cccnc1. The fourth-order valence-electron chi connectivity index (χ4n) is 1.54. The van der Waals surface area contributed by atoms with Crippen molar-refractivity contribution >= 4 is 5.91 Å². The van der Waals surface area contributed by atoms with Crippen molar-refractivity contribution in [2.45, 2.75) is 39.3 Å². The molecule has 1 aromatic rings. The van der Waals surface area contributed by atoms with Crippen molar-refractivity contribution in [2.75, 3.05) is 0 Å². The maximum Gasteiger partial charge on any atom is 0.237 e. The minimum Gasteiger partial charge on any atom is -0.348 e. The summed E-state index contributed by atoms with van der Waals surface area (Å²) in [6.45, 7) is 5.94. The molecule has 0 aliphatic rings. The maximum absolute atomic E-state index is 11.9. The largest absolute Gasteiger partial charge is 0.348 e. The van der Waals surface area contributed by atoms with E-state index in [1.807, 2.05) is 32.9 Å². The monoisotopic (exact) mass is 235 g/mol. The molecule has 1 aromatic heterocycles. The van der Waals surface area contributed by atoms with Gasteiger partial charge in [-0.3, -0.25) is 9.78 Å². The predicted molar refractivity (Wildman–Crippen MR) is 68.2 cm³/mol. The molecule has 0 spiro atoms. The van der Waals surface area contributed by atoms with Gasteiger partial charge >= 0.3 is 0 Å². The van der Waals surface area contributed by atoms with Gasteiger partial charge in [0.2, 0.25) is 5.91 Å². The maximum atomic E-state index is 11.9. The van der Waals surface area contributed by atoms with Gasteiger partial charge in [-0.15, -0.1) is 0 Å². The quantitative estimate of drug-likeness (QED) is 0.815. The first-order valence-corrected chi connectivity index (χ1v) is 6.02. The van der Waals surface area contributed by atoms with Gasteiger partial charge in [-0.25, -0.2) is 0 Å². The number of carbonyl (C=O) groups is 1. The highest BCUT2D eigenvalue weighted by Crippen LogP contribution is 2.11. The Morgan fingerprint density at radius 1 is 1.53 bits per heavy atom. The first-order chi connectivity index (χ1) is 8.06. The normalized spacial score (nSPS) is 16.0. The summed E-state index contributed by atoms with van der Waals surface area (Å²) in [5.74, 6) is 0.0896. The number of pyridine rings is 1. The van der Waals surface area contributed by atoms with Crippen molar-refractivity contribution < 1.29 is 4.79 Å². The molecule has 3 N–H and O–H groups in total.